The van der Waals surface area contributed by atoms with Gasteiger partial charge in [0, 0.05) is 12.4 Å². The molecule has 2 rings (SSSR count). The first-order valence-electron chi connectivity index (χ1n) is 4.03. The minimum absolute atomic E-state index is 0.166. The molecule has 0 atom stereocenters. The van der Waals surface area contributed by atoms with E-state index in [4.69, 9.17) is 0 Å². The van der Waals surface area contributed by atoms with E-state index in [0.29, 0.717) is 0 Å². The van der Waals surface area contributed by atoms with Gasteiger partial charge in [-0.05, 0) is 12.1 Å². The van der Waals surface area contributed by atoms with Gasteiger partial charge in [-0.2, -0.15) is 0 Å². The van der Waals surface area contributed by atoms with Crippen LogP contribution in [0.5, 0.6) is 0 Å². The van der Waals surface area contributed by atoms with Crippen molar-refractivity contribution in [2.45, 2.75) is 0 Å². The lowest BCUT2D eigenvalue weighted by Gasteiger charge is -2.00. The number of rotatable bonds is 0. The fourth-order valence-electron chi connectivity index (χ4n) is 1.30. The summed E-state index contributed by atoms with van der Waals surface area (Å²) in [5.41, 5.74) is 0.877. The minimum Gasteiger partial charge on any atom is -0.340 e. The van der Waals surface area contributed by atoms with Gasteiger partial charge in [0.25, 0.3) is 0 Å². The van der Waals surface area contributed by atoms with E-state index >= 15 is 0 Å². The first kappa shape index (κ1) is 7.86. The van der Waals surface area contributed by atoms with Gasteiger partial charge in [-0.25, -0.2) is 4.79 Å². The molecule has 0 saturated carbocycles. The summed E-state index contributed by atoms with van der Waals surface area (Å²) in [5.74, 6) is 0. The van der Waals surface area contributed by atoms with E-state index in [1.807, 2.05) is 24.3 Å². The maximum atomic E-state index is 11.3. The van der Waals surface area contributed by atoms with Crippen molar-refractivity contribution in [2.75, 3.05) is 7.05 Å². The van der Waals surface area contributed by atoms with Crippen molar-refractivity contribution >= 4 is 16.9 Å². The lowest BCUT2D eigenvalue weighted by Crippen LogP contribution is -2.23. The number of fused-ring (bicyclic) bond motifs is 1. The largest absolute Gasteiger partial charge is 0.340 e. The fraction of sp³-hybridized carbons (Fsp3) is 0.100. The number of aromatic nitrogens is 1. The number of benzene rings is 1. The van der Waals surface area contributed by atoms with Gasteiger partial charge < -0.3 is 5.32 Å². The number of carbonyl (C=O) groups excluding carboxylic acids is 1. The number of hydrogen-bond acceptors (Lipinski definition) is 1. The third-order valence-electron chi connectivity index (χ3n) is 1.94. The predicted octanol–water partition coefficient (Wildman–Crippen LogP) is 1.63. The van der Waals surface area contributed by atoms with E-state index in [0.717, 1.165) is 10.9 Å². The summed E-state index contributed by atoms with van der Waals surface area (Å²) in [4.78, 5) is 11.3. The second-order valence-corrected chi connectivity index (χ2v) is 2.72. The molecular weight excluding hydrogens is 164 g/mol. The van der Waals surface area contributed by atoms with Gasteiger partial charge in [-0.3, -0.25) is 4.57 Å². The van der Waals surface area contributed by atoms with Gasteiger partial charge in [-0.15, -0.1) is 0 Å². The Morgan fingerprint density at radius 3 is 3.00 bits per heavy atom. The van der Waals surface area contributed by atoms with Crippen LogP contribution in [0.3, 0.4) is 0 Å². The molecule has 13 heavy (non-hydrogen) atoms. The quantitative estimate of drug-likeness (QED) is 0.645. The zero-order chi connectivity index (χ0) is 9.26. The van der Waals surface area contributed by atoms with Gasteiger partial charge in [0.05, 0.1) is 11.7 Å². The highest BCUT2D eigenvalue weighted by Crippen LogP contribution is 2.13. The van der Waals surface area contributed by atoms with Gasteiger partial charge in [0.1, 0.15) is 0 Å². The van der Waals surface area contributed by atoms with E-state index in [1.165, 1.54) is 4.57 Å². The van der Waals surface area contributed by atoms with Crippen LogP contribution in [0.4, 0.5) is 4.79 Å². The van der Waals surface area contributed by atoms with Crippen molar-refractivity contribution in [1.82, 2.24) is 9.88 Å². The van der Waals surface area contributed by atoms with Gasteiger partial charge >= 0.3 is 6.03 Å². The molecule has 0 spiro atoms. The lowest BCUT2D eigenvalue weighted by atomic mass is 10.2. The molecule has 1 amide bonds. The molecule has 1 heterocycles. The van der Waals surface area contributed by atoms with Crippen molar-refractivity contribution in [1.29, 1.82) is 0 Å². The minimum atomic E-state index is -0.166. The molecule has 0 saturated heterocycles. The van der Waals surface area contributed by atoms with Gasteiger partial charge in [0.15, 0.2) is 0 Å². The van der Waals surface area contributed by atoms with Crippen LogP contribution in [0.15, 0.2) is 30.3 Å². The van der Waals surface area contributed by atoms with Crippen LogP contribution in [0.25, 0.3) is 10.9 Å². The molecule has 0 aliphatic heterocycles. The normalized spacial score (nSPS) is 10.2. The Bertz CT molecular complexity index is 445. The van der Waals surface area contributed by atoms with E-state index in [-0.39, 0.29) is 6.03 Å². The standard InChI is InChI=1S/C10H9N2O/c1-11-10(13)12-7-6-8-4-2-3-5-9(8)12/h2-6H,1H3,(H,11,13). The highest BCUT2D eigenvalue weighted by Gasteiger charge is 2.05. The SMILES string of the molecule is CNC(=O)n1[c]cc2ccccc21. The van der Waals surface area contributed by atoms with Gasteiger partial charge in [-0.1, -0.05) is 18.2 Å². The monoisotopic (exact) mass is 173 g/mol. The summed E-state index contributed by atoms with van der Waals surface area (Å²) in [6.45, 7) is 0. The van der Waals surface area contributed by atoms with Crippen molar-refractivity contribution in [3.63, 3.8) is 0 Å². The molecule has 0 fully saturated rings. The van der Waals surface area contributed by atoms with E-state index in [1.54, 1.807) is 13.1 Å². The highest BCUT2D eigenvalue weighted by atomic mass is 16.2. The van der Waals surface area contributed by atoms with Crippen LogP contribution >= 0.6 is 0 Å². The Balaban J connectivity index is 2.64. The number of amides is 1. The van der Waals surface area contributed by atoms with Crippen LogP contribution < -0.4 is 5.32 Å². The van der Waals surface area contributed by atoms with Crippen molar-refractivity contribution < 1.29 is 4.79 Å². The third-order valence-corrected chi connectivity index (χ3v) is 1.94. The average Bonchev–Trinajstić information content (AvgIpc) is 2.60. The Labute approximate surface area is 76.0 Å². The zero-order valence-electron chi connectivity index (χ0n) is 7.24. The zero-order valence-corrected chi connectivity index (χ0v) is 7.24. The van der Waals surface area contributed by atoms with Crippen LogP contribution in [0, 0.1) is 6.20 Å². The summed E-state index contributed by atoms with van der Waals surface area (Å²) >= 11 is 0. The van der Waals surface area contributed by atoms with Crippen LogP contribution in [0.1, 0.15) is 0 Å². The maximum Gasteiger partial charge on any atom is 0.326 e. The molecular formula is C10H9N2O. The van der Waals surface area contributed by atoms with E-state index < -0.39 is 0 Å². The molecule has 3 heteroatoms. The van der Waals surface area contributed by atoms with Crippen molar-refractivity contribution in [3.8, 4) is 0 Å². The molecule has 0 aliphatic rings. The van der Waals surface area contributed by atoms with Crippen molar-refractivity contribution in [3.05, 3.63) is 36.5 Å². The second kappa shape index (κ2) is 2.94. The van der Waals surface area contributed by atoms with Crippen LogP contribution in [-0.4, -0.2) is 17.6 Å². The molecule has 0 aliphatic carbocycles. The smallest absolute Gasteiger partial charge is 0.326 e. The average molecular weight is 173 g/mol. The highest BCUT2D eigenvalue weighted by molar-refractivity contribution is 5.91. The molecule has 1 aromatic heterocycles. The number of carbonyl (C=O) groups is 1. The summed E-state index contributed by atoms with van der Waals surface area (Å²) in [5, 5.41) is 3.57. The first-order chi connectivity index (χ1) is 6.33. The van der Waals surface area contributed by atoms with E-state index in [2.05, 4.69) is 11.5 Å². The molecule has 1 N–H and O–H groups in total. The predicted molar refractivity (Wildman–Crippen MR) is 50.6 cm³/mol. The summed E-state index contributed by atoms with van der Waals surface area (Å²) in [6.07, 6.45) is 2.87. The molecule has 0 unspecified atom stereocenters. The number of nitrogens with one attached hydrogen (secondary N) is 1. The fourth-order valence-corrected chi connectivity index (χ4v) is 1.30. The number of para-hydroxylation sites is 1. The summed E-state index contributed by atoms with van der Waals surface area (Å²) in [7, 11) is 1.60. The van der Waals surface area contributed by atoms with Gasteiger partial charge in [0.2, 0.25) is 0 Å². The van der Waals surface area contributed by atoms with E-state index in [9.17, 15) is 4.79 Å². The Morgan fingerprint density at radius 1 is 1.46 bits per heavy atom. The maximum absolute atomic E-state index is 11.3. The number of hydrogen-bond donors (Lipinski definition) is 1. The Hall–Kier alpha value is -1.77. The molecule has 65 valence electrons. The Morgan fingerprint density at radius 2 is 2.23 bits per heavy atom. The summed E-state index contributed by atoms with van der Waals surface area (Å²) in [6, 6.07) is 9.30. The molecule has 3 nitrogen and oxygen atoms in total. The van der Waals surface area contributed by atoms with Crippen LogP contribution in [0.2, 0.25) is 0 Å². The lowest BCUT2D eigenvalue weighted by molar-refractivity contribution is 0.245. The van der Waals surface area contributed by atoms with Crippen molar-refractivity contribution in [2.24, 2.45) is 0 Å². The Kier molecular flexibility index (Phi) is 1.77. The topological polar surface area (TPSA) is 34.0 Å². The molecule has 2 aromatic rings. The van der Waals surface area contributed by atoms with Crippen LogP contribution in [-0.2, 0) is 0 Å². The molecule has 1 radical (unpaired) electrons. The summed E-state index contributed by atoms with van der Waals surface area (Å²) < 4.78 is 1.47. The number of nitrogens with zero attached hydrogens (tertiary/aromatic N) is 1. The third kappa shape index (κ3) is 1.18. The molecule has 1 aromatic carbocycles. The first-order valence-corrected chi connectivity index (χ1v) is 4.03. The second-order valence-electron chi connectivity index (χ2n) is 2.72. The molecule has 0 bridgehead atoms.